The number of nitro groups is 1. The van der Waals surface area contributed by atoms with E-state index in [0.29, 0.717) is 10.9 Å². The van der Waals surface area contributed by atoms with Crippen LogP contribution in [0.5, 0.6) is 11.5 Å². The number of nitrogens with zero attached hydrogens (tertiary/aromatic N) is 1. The van der Waals surface area contributed by atoms with Gasteiger partial charge in [-0.1, -0.05) is 30.3 Å². The van der Waals surface area contributed by atoms with Crippen molar-refractivity contribution in [1.82, 2.24) is 0 Å². The lowest BCUT2D eigenvalue weighted by molar-refractivity contribution is -0.384. The number of fused-ring (bicyclic) bond motifs is 1. The van der Waals surface area contributed by atoms with E-state index in [1.807, 2.05) is 12.1 Å². The molecular weight excluding hydrogens is 420 g/mol. The van der Waals surface area contributed by atoms with Crippen LogP contribution in [0.3, 0.4) is 0 Å². The number of nitrogens with one attached hydrogen (secondary N) is 1. The second kappa shape index (κ2) is 7.62. The number of rotatable bonds is 5. The summed E-state index contributed by atoms with van der Waals surface area (Å²) < 4.78 is 27.8. The van der Waals surface area contributed by atoms with Gasteiger partial charge in [-0.3, -0.25) is 14.8 Å². The predicted molar refractivity (Wildman–Crippen MR) is 117 cm³/mol. The minimum absolute atomic E-state index is 0.0654. The first-order valence-electron chi connectivity index (χ1n) is 9.07. The first-order valence-corrected chi connectivity index (χ1v) is 10.6. The summed E-state index contributed by atoms with van der Waals surface area (Å²) in [6.45, 7) is 0. The Morgan fingerprint density at radius 2 is 1.52 bits per heavy atom. The SMILES string of the molecule is O=[N+]([O-])c1ccc(S(=O)(=O)Nc2ccc(O)c(-c3c(O)ccc4ccccc34)c2)cc1. The van der Waals surface area contributed by atoms with Crippen molar-refractivity contribution in [2.24, 2.45) is 0 Å². The third-order valence-corrected chi connectivity index (χ3v) is 6.18. The van der Waals surface area contributed by atoms with Crippen molar-refractivity contribution < 1.29 is 23.6 Å². The molecule has 0 spiro atoms. The fraction of sp³-hybridized carbons (Fsp3) is 0. The van der Waals surface area contributed by atoms with E-state index in [4.69, 9.17) is 0 Å². The normalized spacial score (nSPS) is 11.4. The Morgan fingerprint density at radius 1 is 0.839 bits per heavy atom. The highest BCUT2D eigenvalue weighted by atomic mass is 32.2. The summed E-state index contributed by atoms with van der Waals surface area (Å²) in [7, 11) is -4.04. The van der Waals surface area contributed by atoms with E-state index in [-0.39, 0.29) is 33.3 Å². The largest absolute Gasteiger partial charge is 0.507 e. The summed E-state index contributed by atoms with van der Waals surface area (Å²) in [6.07, 6.45) is 0. The molecule has 0 bridgehead atoms. The van der Waals surface area contributed by atoms with Crippen LogP contribution in [0.1, 0.15) is 0 Å². The zero-order valence-corrected chi connectivity index (χ0v) is 16.7. The molecule has 3 N–H and O–H groups in total. The van der Waals surface area contributed by atoms with Crippen LogP contribution < -0.4 is 4.72 Å². The average Bonchev–Trinajstić information content (AvgIpc) is 2.75. The molecule has 0 amide bonds. The average molecular weight is 436 g/mol. The Labute approximate surface area is 177 Å². The van der Waals surface area contributed by atoms with Gasteiger partial charge >= 0.3 is 0 Å². The van der Waals surface area contributed by atoms with E-state index in [1.165, 1.54) is 24.3 Å². The third-order valence-electron chi connectivity index (χ3n) is 4.78. The molecule has 31 heavy (non-hydrogen) atoms. The smallest absolute Gasteiger partial charge is 0.269 e. The highest BCUT2D eigenvalue weighted by Crippen LogP contribution is 2.41. The lowest BCUT2D eigenvalue weighted by Crippen LogP contribution is -2.13. The van der Waals surface area contributed by atoms with Crippen LogP contribution in [0.2, 0.25) is 0 Å². The molecule has 0 atom stereocenters. The molecule has 0 saturated heterocycles. The summed E-state index contributed by atoms with van der Waals surface area (Å²) in [6, 6.07) is 19.1. The molecule has 4 rings (SSSR count). The van der Waals surface area contributed by atoms with Crippen molar-refractivity contribution in [3.63, 3.8) is 0 Å². The summed E-state index contributed by atoms with van der Waals surface area (Å²) >= 11 is 0. The lowest BCUT2D eigenvalue weighted by atomic mass is 9.96. The highest BCUT2D eigenvalue weighted by Gasteiger charge is 2.19. The second-order valence-electron chi connectivity index (χ2n) is 6.77. The maximum absolute atomic E-state index is 12.7. The predicted octanol–water partition coefficient (Wildman–Crippen LogP) is 4.63. The molecular formula is C22H16N2O6S. The first-order chi connectivity index (χ1) is 14.8. The number of hydrogen-bond donors (Lipinski definition) is 3. The fourth-order valence-electron chi connectivity index (χ4n) is 3.30. The van der Waals surface area contributed by atoms with Crippen LogP contribution in [0.25, 0.3) is 21.9 Å². The molecule has 9 heteroatoms. The molecule has 0 aliphatic carbocycles. The molecule has 156 valence electrons. The number of hydrogen-bond acceptors (Lipinski definition) is 6. The van der Waals surface area contributed by atoms with E-state index >= 15 is 0 Å². The van der Waals surface area contributed by atoms with Gasteiger partial charge in [-0.2, -0.15) is 0 Å². The molecule has 8 nitrogen and oxygen atoms in total. The Hall–Kier alpha value is -4.11. The summed E-state index contributed by atoms with van der Waals surface area (Å²) in [4.78, 5) is 10.0. The summed E-state index contributed by atoms with van der Waals surface area (Å²) in [5.41, 5.74) is 0.543. The molecule has 0 saturated carbocycles. The number of aromatic hydroxyl groups is 2. The number of non-ortho nitro benzene ring substituents is 1. The van der Waals surface area contributed by atoms with Gasteiger partial charge in [0.15, 0.2) is 0 Å². The van der Waals surface area contributed by atoms with Gasteiger partial charge in [-0.15, -0.1) is 0 Å². The Kier molecular flexibility index (Phi) is 4.96. The van der Waals surface area contributed by atoms with Gasteiger partial charge in [-0.05, 0) is 47.2 Å². The maximum Gasteiger partial charge on any atom is 0.269 e. The van der Waals surface area contributed by atoms with Gasteiger partial charge in [0.2, 0.25) is 0 Å². The van der Waals surface area contributed by atoms with Gasteiger partial charge in [0.1, 0.15) is 11.5 Å². The number of sulfonamides is 1. The minimum atomic E-state index is -4.04. The van der Waals surface area contributed by atoms with Crippen LogP contribution in [0.15, 0.2) is 83.8 Å². The molecule has 0 aliphatic rings. The van der Waals surface area contributed by atoms with Crippen molar-refractivity contribution in [2.45, 2.75) is 4.90 Å². The molecule has 4 aromatic carbocycles. The van der Waals surface area contributed by atoms with Crippen LogP contribution in [0, 0.1) is 10.1 Å². The highest BCUT2D eigenvalue weighted by molar-refractivity contribution is 7.92. The number of benzene rings is 4. The minimum Gasteiger partial charge on any atom is -0.507 e. The first kappa shape index (κ1) is 20.2. The number of nitro benzene ring substituents is 1. The molecule has 0 heterocycles. The molecule has 0 unspecified atom stereocenters. The summed E-state index contributed by atoms with van der Waals surface area (Å²) in [5, 5.41) is 33.2. The number of anilines is 1. The molecule has 0 radical (unpaired) electrons. The quantitative estimate of drug-likeness (QED) is 0.238. The van der Waals surface area contributed by atoms with Gasteiger partial charge in [0, 0.05) is 28.9 Å². The van der Waals surface area contributed by atoms with Crippen LogP contribution in [-0.4, -0.2) is 23.6 Å². The Balaban J connectivity index is 1.76. The topological polar surface area (TPSA) is 130 Å². The van der Waals surface area contributed by atoms with Crippen molar-refractivity contribution in [2.75, 3.05) is 4.72 Å². The van der Waals surface area contributed by atoms with Crippen molar-refractivity contribution in [3.8, 4) is 22.6 Å². The summed E-state index contributed by atoms with van der Waals surface area (Å²) in [5.74, 6) is -0.200. The fourth-order valence-corrected chi connectivity index (χ4v) is 4.35. The van der Waals surface area contributed by atoms with Gasteiger partial charge < -0.3 is 10.2 Å². The standard InChI is InChI=1S/C22H16N2O6S/c25-20-12-6-15(23-31(29,30)17-9-7-16(8-10-17)24(27)28)13-19(20)22-18-4-2-1-3-14(18)5-11-21(22)26/h1-13,23,25-26H. The monoisotopic (exact) mass is 436 g/mol. The van der Waals surface area contributed by atoms with E-state index < -0.39 is 14.9 Å². The Bertz CT molecular complexity index is 1420. The van der Waals surface area contributed by atoms with E-state index in [9.17, 15) is 28.7 Å². The van der Waals surface area contributed by atoms with Gasteiger partial charge in [-0.25, -0.2) is 8.42 Å². The van der Waals surface area contributed by atoms with Crippen LogP contribution in [-0.2, 0) is 10.0 Å². The van der Waals surface area contributed by atoms with E-state index in [2.05, 4.69) is 4.72 Å². The molecule has 0 aliphatic heterocycles. The van der Waals surface area contributed by atoms with E-state index in [0.717, 1.165) is 29.7 Å². The third kappa shape index (κ3) is 3.86. The van der Waals surface area contributed by atoms with Gasteiger partial charge in [0.25, 0.3) is 15.7 Å². The molecule has 4 aromatic rings. The van der Waals surface area contributed by atoms with E-state index in [1.54, 1.807) is 18.2 Å². The van der Waals surface area contributed by atoms with Crippen molar-refractivity contribution in [1.29, 1.82) is 0 Å². The second-order valence-corrected chi connectivity index (χ2v) is 8.45. The zero-order valence-electron chi connectivity index (χ0n) is 15.9. The maximum atomic E-state index is 12.7. The van der Waals surface area contributed by atoms with Crippen LogP contribution in [0.4, 0.5) is 11.4 Å². The van der Waals surface area contributed by atoms with Crippen LogP contribution >= 0.6 is 0 Å². The molecule has 0 fully saturated rings. The number of phenolic OH excluding ortho intramolecular Hbond substituents is 2. The van der Waals surface area contributed by atoms with Crippen molar-refractivity contribution >= 4 is 32.2 Å². The zero-order chi connectivity index (χ0) is 22.2. The van der Waals surface area contributed by atoms with Gasteiger partial charge in [0.05, 0.1) is 9.82 Å². The lowest BCUT2D eigenvalue weighted by Gasteiger charge is -2.14. The Morgan fingerprint density at radius 3 is 2.23 bits per heavy atom. The number of phenols is 2. The molecule has 0 aromatic heterocycles. The van der Waals surface area contributed by atoms with Crippen molar-refractivity contribution in [3.05, 3.63) is 89.0 Å².